The van der Waals surface area contributed by atoms with Gasteiger partial charge in [-0.15, -0.1) is 0 Å². The number of benzene rings is 3. The monoisotopic (exact) mass is 630 g/mol. The number of aromatic nitrogens is 3. The number of hydrogen-bond acceptors (Lipinski definition) is 7. The molecule has 0 bridgehead atoms. The number of rotatable bonds is 7. The van der Waals surface area contributed by atoms with Crippen LogP contribution in [0.1, 0.15) is 69.2 Å². The zero-order valence-electron chi connectivity index (χ0n) is 26.2. The number of esters is 1. The molecule has 0 N–H and O–H groups in total. The molecule has 2 aromatic heterocycles. The molecule has 3 aromatic carbocycles. The maximum atomic E-state index is 13.5. The molecule has 0 amide bonds. The molecule has 9 heteroatoms. The van der Waals surface area contributed by atoms with E-state index in [1.165, 1.54) is 10.9 Å². The predicted octanol–water partition coefficient (Wildman–Crippen LogP) is 8.62. The van der Waals surface area contributed by atoms with Crippen molar-refractivity contribution in [3.8, 4) is 11.1 Å². The van der Waals surface area contributed by atoms with Gasteiger partial charge in [0.05, 0.1) is 34.1 Å². The summed E-state index contributed by atoms with van der Waals surface area (Å²) in [5, 5.41) is 7.24. The Bertz CT molecular complexity index is 1820. The lowest BCUT2D eigenvalue weighted by Gasteiger charge is -2.32. The molecular formula is C35H39ClN4O3S. The van der Waals surface area contributed by atoms with Gasteiger partial charge in [0.15, 0.2) is 11.2 Å². The van der Waals surface area contributed by atoms with E-state index in [1.54, 1.807) is 11.3 Å². The first-order valence-electron chi connectivity index (χ1n) is 15.2. The summed E-state index contributed by atoms with van der Waals surface area (Å²) in [7, 11) is 1.98. The molecule has 1 saturated heterocycles. The summed E-state index contributed by atoms with van der Waals surface area (Å²) < 4.78 is 14.9. The van der Waals surface area contributed by atoms with Gasteiger partial charge in [0.25, 0.3) is 0 Å². The third kappa shape index (κ3) is 6.08. The summed E-state index contributed by atoms with van der Waals surface area (Å²) in [5.74, 6) is 0.0102. The van der Waals surface area contributed by atoms with Gasteiger partial charge in [-0.1, -0.05) is 41.1 Å². The van der Waals surface area contributed by atoms with Gasteiger partial charge < -0.3 is 14.4 Å². The van der Waals surface area contributed by atoms with E-state index < -0.39 is 17.7 Å². The van der Waals surface area contributed by atoms with Gasteiger partial charge in [-0.05, 0) is 94.5 Å². The molecule has 230 valence electrons. The number of carbonyl (C=O) groups is 1. The Hall–Kier alpha value is -3.46. The quantitative estimate of drug-likeness (QED) is 0.168. The van der Waals surface area contributed by atoms with Crippen LogP contribution in [0.4, 0.5) is 5.13 Å². The van der Waals surface area contributed by atoms with Crippen LogP contribution in [-0.2, 0) is 21.3 Å². The van der Waals surface area contributed by atoms with Gasteiger partial charge >= 0.3 is 5.97 Å². The molecule has 7 nitrogen and oxygen atoms in total. The highest BCUT2D eigenvalue weighted by molar-refractivity contribution is 7.22. The molecule has 3 heterocycles. The van der Waals surface area contributed by atoms with Crippen molar-refractivity contribution in [3.63, 3.8) is 0 Å². The first kappa shape index (κ1) is 30.6. The van der Waals surface area contributed by atoms with E-state index in [0.29, 0.717) is 10.9 Å². The van der Waals surface area contributed by atoms with Crippen LogP contribution in [0.15, 0.2) is 54.7 Å². The smallest absolute Gasteiger partial charge is 0.339 e. The first-order valence-corrected chi connectivity index (χ1v) is 16.4. The number of anilines is 1. The normalized spacial score (nSPS) is 16.5. The summed E-state index contributed by atoms with van der Waals surface area (Å²) in [6.45, 7) is 11.8. The van der Waals surface area contributed by atoms with Crippen molar-refractivity contribution >= 4 is 55.2 Å². The minimum atomic E-state index is -0.891. The van der Waals surface area contributed by atoms with Crippen molar-refractivity contribution in [2.45, 2.75) is 65.1 Å². The molecular weight excluding hydrogens is 592 g/mol. The molecule has 0 saturated carbocycles. The number of aryl methyl sites for hydroxylation is 2. The lowest BCUT2D eigenvalue weighted by Crippen LogP contribution is -2.34. The maximum absolute atomic E-state index is 13.5. The largest absolute Gasteiger partial charge is 0.464 e. The third-order valence-corrected chi connectivity index (χ3v) is 9.62. The average molecular weight is 631 g/mol. The lowest BCUT2D eigenvalue weighted by molar-refractivity contribution is -0.166. The molecule has 6 rings (SSSR count). The minimum absolute atomic E-state index is 0.273. The molecule has 0 spiro atoms. The van der Waals surface area contributed by atoms with Gasteiger partial charge in [0.1, 0.15) is 0 Å². The van der Waals surface area contributed by atoms with E-state index in [0.717, 1.165) is 69.0 Å². The molecule has 0 radical (unpaired) electrons. The highest BCUT2D eigenvalue weighted by Crippen LogP contribution is 2.45. The molecule has 5 aromatic rings. The van der Waals surface area contributed by atoms with E-state index in [2.05, 4.69) is 34.3 Å². The second-order valence-corrected chi connectivity index (χ2v) is 14.0. The van der Waals surface area contributed by atoms with E-state index >= 15 is 0 Å². The van der Waals surface area contributed by atoms with E-state index in [1.807, 2.05) is 76.8 Å². The molecule has 1 aliphatic rings. The Kier molecular flexibility index (Phi) is 8.44. The lowest BCUT2D eigenvalue weighted by atomic mass is 9.90. The van der Waals surface area contributed by atoms with Crippen LogP contribution in [-0.4, -0.2) is 46.0 Å². The van der Waals surface area contributed by atoms with Gasteiger partial charge in [-0.25, -0.2) is 9.78 Å². The Morgan fingerprint density at radius 3 is 2.66 bits per heavy atom. The van der Waals surface area contributed by atoms with E-state index in [-0.39, 0.29) is 6.61 Å². The fraction of sp³-hybridized carbons (Fsp3) is 0.400. The van der Waals surface area contributed by atoms with Gasteiger partial charge in [-0.3, -0.25) is 4.68 Å². The number of thiazole rings is 1. The number of hydrogen-bond donors (Lipinski definition) is 0. The molecule has 1 fully saturated rings. The summed E-state index contributed by atoms with van der Waals surface area (Å²) in [4.78, 5) is 21.1. The Labute approximate surface area is 267 Å². The van der Waals surface area contributed by atoms with Crippen LogP contribution < -0.4 is 4.90 Å². The number of nitrogens with zero attached hydrogens (tertiary/aromatic N) is 4. The number of ether oxygens (including phenoxy) is 2. The minimum Gasteiger partial charge on any atom is -0.464 e. The van der Waals surface area contributed by atoms with Gasteiger partial charge in [0.2, 0.25) is 0 Å². The standard InChI is InChI=1S/C35H39ClN4O3S/c1-7-42-33(41)31(43-35(3,4)5)29-21(2)17-27-32(30(29)22-10-13-26(36)14-11-22)44-34(38-27)40-16-8-9-24(20-40)23-12-15-28-25(18-23)19-37-39(28)6/h10-15,17-19,24,31H,7-9,16,20H2,1-6H3/t24?,31-/m0/s1. The fourth-order valence-corrected chi connectivity index (χ4v) is 7.52. The average Bonchev–Trinajstić information content (AvgIpc) is 3.58. The fourth-order valence-electron chi connectivity index (χ4n) is 6.23. The predicted molar refractivity (Wildman–Crippen MR) is 180 cm³/mol. The summed E-state index contributed by atoms with van der Waals surface area (Å²) in [6.07, 6.45) is 3.28. The molecule has 44 heavy (non-hydrogen) atoms. The van der Waals surface area contributed by atoms with Crippen molar-refractivity contribution in [1.29, 1.82) is 0 Å². The van der Waals surface area contributed by atoms with Crippen molar-refractivity contribution < 1.29 is 14.3 Å². The SMILES string of the molecule is CCOC(=O)[C@@H](OC(C)(C)C)c1c(C)cc2nc(N3CCCC(c4ccc5c(cnn5C)c4)C3)sc2c1-c1ccc(Cl)cc1. The van der Waals surface area contributed by atoms with Gasteiger partial charge in [-0.2, -0.15) is 5.10 Å². The van der Waals surface area contributed by atoms with Crippen LogP contribution in [0, 0.1) is 6.92 Å². The van der Waals surface area contributed by atoms with Crippen LogP contribution >= 0.6 is 22.9 Å². The van der Waals surface area contributed by atoms with Crippen molar-refractivity contribution in [2.75, 3.05) is 24.6 Å². The first-order chi connectivity index (χ1) is 21.0. The molecule has 1 unspecified atom stereocenters. The van der Waals surface area contributed by atoms with Crippen molar-refractivity contribution in [3.05, 3.63) is 76.4 Å². The maximum Gasteiger partial charge on any atom is 0.339 e. The summed E-state index contributed by atoms with van der Waals surface area (Å²) >= 11 is 7.99. The Morgan fingerprint density at radius 2 is 1.93 bits per heavy atom. The number of fused-ring (bicyclic) bond motifs is 2. The zero-order chi connectivity index (χ0) is 31.2. The van der Waals surface area contributed by atoms with Crippen LogP contribution in [0.3, 0.4) is 0 Å². The van der Waals surface area contributed by atoms with E-state index in [4.69, 9.17) is 26.1 Å². The number of piperidine rings is 1. The van der Waals surface area contributed by atoms with Crippen LogP contribution in [0.5, 0.6) is 0 Å². The third-order valence-electron chi connectivity index (χ3n) is 8.22. The van der Waals surface area contributed by atoms with Crippen LogP contribution in [0.2, 0.25) is 5.02 Å². The molecule has 1 aliphatic heterocycles. The Morgan fingerprint density at radius 1 is 1.16 bits per heavy atom. The number of halogens is 1. The Balaban J connectivity index is 1.44. The second-order valence-electron chi connectivity index (χ2n) is 12.6. The van der Waals surface area contributed by atoms with Crippen molar-refractivity contribution in [1.82, 2.24) is 14.8 Å². The number of carbonyl (C=O) groups excluding carboxylic acids is 1. The highest BCUT2D eigenvalue weighted by Gasteiger charge is 2.34. The van der Waals surface area contributed by atoms with Gasteiger partial charge in [0, 0.05) is 47.6 Å². The van der Waals surface area contributed by atoms with E-state index in [9.17, 15) is 4.79 Å². The summed E-state index contributed by atoms with van der Waals surface area (Å²) in [5.41, 5.74) is 6.47. The van der Waals surface area contributed by atoms with Crippen LogP contribution in [0.25, 0.3) is 32.2 Å². The van der Waals surface area contributed by atoms with Crippen molar-refractivity contribution in [2.24, 2.45) is 7.05 Å². The topological polar surface area (TPSA) is 69.5 Å². The molecule has 0 aliphatic carbocycles. The second kappa shape index (κ2) is 12.1. The highest BCUT2D eigenvalue weighted by atomic mass is 35.5. The zero-order valence-corrected chi connectivity index (χ0v) is 27.8. The molecule has 2 atom stereocenters. The summed E-state index contributed by atoms with van der Waals surface area (Å²) in [6, 6.07) is 16.6.